The summed E-state index contributed by atoms with van der Waals surface area (Å²) in [5, 5.41) is 0.631. The number of rotatable bonds is 1. The molecule has 1 aromatic heterocycles. The van der Waals surface area contributed by atoms with Gasteiger partial charge in [0.25, 0.3) is 0 Å². The highest BCUT2D eigenvalue weighted by atomic mass is 79.9. The van der Waals surface area contributed by atoms with Gasteiger partial charge in [0, 0.05) is 17.9 Å². The molecular weight excluding hydrogens is 277 g/mol. The minimum atomic E-state index is 0.521. The van der Waals surface area contributed by atoms with Crippen LogP contribution in [0.25, 0.3) is 0 Å². The maximum absolute atomic E-state index is 6.07. The molecule has 82 valence electrons. The maximum Gasteiger partial charge on any atom is 0.150 e. The van der Waals surface area contributed by atoms with Crippen molar-refractivity contribution in [2.75, 3.05) is 18.0 Å². The summed E-state index contributed by atoms with van der Waals surface area (Å²) in [6.07, 6.45) is 4.40. The van der Waals surface area contributed by atoms with Crippen molar-refractivity contribution in [2.45, 2.75) is 18.2 Å². The van der Waals surface area contributed by atoms with Gasteiger partial charge in [0.15, 0.2) is 5.82 Å². The summed E-state index contributed by atoms with van der Waals surface area (Å²) in [6, 6.07) is 0. The zero-order chi connectivity index (χ0) is 10.8. The number of piperidine rings is 1. The van der Waals surface area contributed by atoms with Crippen LogP contribution in [0.4, 0.5) is 5.82 Å². The van der Waals surface area contributed by atoms with E-state index in [-0.39, 0.29) is 0 Å². The number of hydrogen-bond donors (Lipinski definition) is 0. The van der Waals surface area contributed by atoms with Crippen molar-refractivity contribution < 1.29 is 0 Å². The van der Waals surface area contributed by atoms with Crippen molar-refractivity contribution in [3.8, 4) is 0 Å². The minimum Gasteiger partial charge on any atom is -0.354 e. The molecule has 0 amide bonds. The largest absolute Gasteiger partial charge is 0.354 e. The van der Waals surface area contributed by atoms with Crippen LogP contribution in [0.2, 0.25) is 5.02 Å². The fraction of sp³-hybridized carbons (Fsp3) is 0.600. The summed E-state index contributed by atoms with van der Waals surface area (Å²) >= 11 is 9.73. The van der Waals surface area contributed by atoms with Crippen molar-refractivity contribution in [3.05, 3.63) is 17.5 Å². The summed E-state index contributed by atoms with van der Waals surface area (Å²) in [6.45, 7) is 4.22. The van der Waals surface area contributed by atoms with Gasteiger partial charge >= 0.3 is 0 Å². The van der Waals surface area contributed by atoms with E-state index < -0.39 is 0 Å². The van der Waals surface area contributed by atoms with E-state index >= 15 is 0 Å². The normalized spacial score (nSPS) is 26.7. The highest BCUT2D eigenvalue weighted by Crippen LogP contribution is 2.28. The summed E-state index contributed by atoms with van der Waals surface area (Å²) < 4.78 is 0. The molecule has 3 nitrogen and oxygen atoms in total. The van der Waals surface area contributed by atoms with Gasteiger partial charge in [-0.05, 0) is 12.3 Å². The first-order valence-electron chi connectivity index (χ1n) is 5.01. The standard InChI is InChI=1S/C10H13BrClN3/c1-7-2-8(11)5-15(4-7)10-9(12)3-13-6-14-10/h3,6-8H,2,4-5H2,1H3. The quantitative estimate of drug-likeness (QED) is 0.745. The van der Waals surface area contributed by atoms with Crippen LogP contribution in [0.15, 0.2) is 12.5 Å². The molecule has 1 aliphatic rings. The molecule has 2 atom stereocenters. The lowest BCUT2D eigenvalue weighted by Gasteiger charge is -2.35. The van der Waals surface area contributed by atoms with Gasteiger partial charge in [-0.15, -0.1) is 0 Å². The van der Waals surface area contributed by atoms with Crippen LogP contribution in [0.1, 0.15) is 13.3 Å². The monoisotopic (exact) mass is 289 g/mol. The summed E-state index contributed by atoms with van der Waals surface area (Å²) in [5.74, 6) is 1.51. The molecule has 15 heavy (non-hydrogen) atoms. The molecule has 1 aromatic rings. The molecule has 0 saturated carbocycles. The topological polar surface area (TPSA) is 29.0 Å². The van der Waals surface area contributed by atoms with Crippen molar-refractivity contribution in [1.29, 1.82) is 0 Å². The van der Waals surface area contributed by atoms with E-state index in [2.05, 4.69) is 37.7 Å². The number of aromatic nitrogens is 2. The Bertz CT molecular complexity index is 337. The Morgan fingerprint density at radius 1 is 1.53 bits per heavy atom. The van der Waals surface area contributed by atoms with E-state index in [0.717, 1.165) is 18.9 Å². The van der Waals surface area contributed by atoms with Crippen LogP contribution >= 0.6 is 27.5 Å². The van der Waals surface area contributed by atoms with Crippen LogP contribution in [0.5, 0.6) is 0 Å². The third-order valence-corrected chi connectivity index (χ3v) is 3.49. The highest BCUT2D eigenvalue weighted by Gasteiger charge is 2.24. The number of halogens is 2. The van der Waals surface area contributed by atoms with Crippen LogP contribution in [0.3, 0.4) is 0 Å². The second kappa shape index (κ2) is 4.66. The van der Waals surface area contributed by atoms with Crippen molar-refractivity contribution >= 4 is 33.3 Å². The number of alkyl halides is 1. The lowest BCUT2D eigenvalue weighted by Crippen LogP contribution is -2.40. The number of hydrogen-bond acceptors (Lipinski definition) is 3. The fourth-order valence-corrected chi connectivity index (χ4v) is 3.20. The third kappa shape index (κ3) is 2.61. The SMILES string of the molecule is CC1CC(Br)CN(c2ncncc2Cl)C1. The predicted molar refractivity (Wildman–Crippen MR) is 65.8 cm³/mol. The van der Waals surface area contributed by atoms with E-state index in [1.54, 1.807) is 12.5 Å². The second-order valence-corrected chi connectivity index (χ2v) is 5.74. The van der Waals surface area contributed by atoms with E-state index in [4.69, 9.17) is 11.6 Å². The van der Waals surface area contributed by atoms with Crippen LogP contribution in [0, 0.1) is 5.92 Å². The first-order valence-corrected chi connectivity index (χ1v) is 6.30. The molecule has 0 spiro atoms. The Labute approximate surface area is 103 Å². The summed E-state index contributed by atoms with van der Waals surface area (Å²) in [4.78, 5) is 10.9. The van der Waals surface area contributed by atoms with Crippen molar-refractivity contribution in [3.63, 3.8) is 0 Å². The average molecular weight is 291 g/mol. The predicted octanol–water partition coefficient (Wildman–Crippen LogP) is 2.74. The van der Waals surface area contributed by atoms with Crippen molar-refractivity contribution in [2.24, 2.45) is 5.92 Å². The zero-order valence-electron chi connectivity index (χ0n) is 8.53. The second-order valence-electron chi connectivity index (χ2n) is 4.04. The Morgan fingerprint density at radius 2 is 2.33 bits per heavy atom. The lowest BCUT2D eigenvalue weighted by molar-refractivity contribution is 0.457. The van der Waals surface area contributed by atoms with Crippen LogP contribution in [-0.4, -0.2) is 27.9 Å². The first-order chi connectivity index (χ1) is 7.16. The van der Waals surface area contributed by atoms with E-state index in [1.165, 1.54) is 6.42 Å². The molecule has 0 N–H and O–H groups in total. The lowest BCUT2D eigenvalue weighted by atomic mass is 10.0. The molecule has 2 heterocycles. The van der Waals surface area contributed by atoms with Gasteiger partial charge in [-0.25, -0.2) is 9.97 Å². The summed E-state index contributed by atoms with van der Waals surface area (Å²) in [5.41, 5.74) is 0. The van der Waals surface area contributed by atoms with E-state index in [9.17, 15) is 0 Å². The molecular formula is C10H13BrClN3. The molecule has 0 radical (unpaired) electrons. The van der Waals surface area contributed by atoms with Crippen LogP contribution < -0.4 is 4.90 Å². The molecule has 0 bridgehead atoms. The molecule has 0 aliphatic carbocycles. The van der Waals surface area contributed by atoms with Gasteiger partial charge in [0.05, 0.1) is 6.20 Å². The highest BCUT2D eigenvalue weighted by molar-refractivity contribution is 9.09. The van der Waals surface area contributed by atoms with E-state index in [1.807, 2.05) is 0 Å². The zero-order valence-corrected chi connectivity index (χ0v) is 10.9. The van der Waals surface area contributed by atoms with Crippen LogP contribution in [-0.2, 0) is 0 Å². The molecule has 5 heteroatoms. The fourth-order valence-electron chi connectivity index (χ4n) is 1.99. The van der Waals surface area contributed by atoms with Gasteiger partial charge in [0.2, 0.25) is 0 Å². The number of anilines is 1. The van der Waals surface area contributed by atoms with Gasteiger partial charge in [-0.2, -0.15) is 0 Å². The first kappa shape index (κ1) is 11.1. The maximum atomic E-state index is 6.07. The summed E-state index contributed by atoms with van der Waals surface area (Å²) in [7, 11) is 0. The molecule has 1 aliphatic heterocycles. The Kier molecular flexibility index (Phi) is 3.46. The molecule has 1 fully saturated rings. The third-order valence-electron chi connectivity index (χ3n) is 2.56. The molecule has 2 rings (SSSR count). The molecule has 0 aromatic carbocycles. The van der Waals surface area contributed by atoms with Gasteiger partial charge < -0.3 is 4.90 Å². The van der Waals surface area contributed by atoms with Gasteiger partial charge in [-0.3, -0.25) is 0 Å². The number of nitrogens with zero attached hydrogens (tertiary/aromatic N) is 3. The Morgan fingerprint density at radius 3 is 3.00 bits per heavy atom. The molecule has 1 saturated heterocycles. The average Bonchev–Trinajstić information content (AvgIpc) is 2.16. The Balaban J connectivity index is 2.20. The van der Waals surface area contributed by atoms with Gasteiger partial charge in [0.1, 0.15) is 11.3 Å². The van der Waals surface area contributed by atoms with Crippen molar-refractivity contribution in [1.82, 2.24) is 9.97 Å². The molecule has 2 unspecified atom stereocenters. The van der Waals surface area contributed by atoms with E-state index in [0.29, 0.717) is 15.8 Å². The van der Waals surface area contributed by atoms with Gasteiger partial charge in [-0.1, -0.05) is 34.5 Å². The Hall–Kier alpha value is -0.350. The smallest absolute Gasteiger partial charge is 0.150 e. The minimum absolute atomic E-state index is 0.521.